The number of nitrogens with zero attached hydrogens (tertiary/aromatic N) is 2. The number of hydrogen-bond acceptors (Lipinski definition) is 5. The Balaban J connectivity index is 2.00. The van der Waals surface area contributed by atoms with Crippen LogP contribution in [-0.2, 0) is 0 Å². The molecule has 1 aliphatic heterocycles. The van der Waals surface area contributed by atoms with Crippen LogP contribution in [0.2, 0.25) is 0 Å². The minimum atomic E-state index is -0.426. The number of anilines is 2. The fourth-order valence-electron chi connectivity index (χ4n) is 2.53. The van der Waals surface area contributed by atoms with Gasteiger partial charge in [-0.25, -0.2) is 0 Å². The molecule has 0 saturated carbocycles. The van der Waals surface area contributed by atoms with Crippen molar-refractivity contribution >= 4 is 17.1 Å². The highest BCUT2D eigenvalue weighted by Crippen LogP contribution is 2.30. The van der Waals surface area contributed by atoms with Crippen molar-refractivity contribution < 1.29 is 4.92 Å². The standard InChI is InChI=1S/C13H20N4O2/c1-2-16-7-6-10(9-16)8-15-12-5-3-4-11(14)13(12)17(18)19/h3-5,10,15H,2,6-9,14H2,1H3. The number of nitro groups is 1. The van der Waals surface area contributed by atoms with Crippen molar-refractivity contribution in [2.75, 3.05) is 37.2 Å². The van der Waals surface area contributed by atoms with Crippen LogP contribution in [0.4, 0.5) is 17.1 Å². The molecule has 0 spiro atoms. The fourth-order valence-corrected chi connectivity index (χ4v) is 2.53. The van der Waals surface area contributed by atoms with E-state index < -0.39 is 4.92 Å². The van der Waals surface area contributed by atoms with Gasteiger partial charge < -0.3 is 16.0 Å². The van der Waals surface area contributed by atoms with E-state index in [1.54, 1.807) is 18.2 Å². The summed E-state index contributed by atoms with van der Waals surface area (Å²) in [6.07, 6.45) is 1.14. The molecule has 1 fully saturated rings. The summed E-state index contributed by atoms with van der Waals surface area (Å²) in [6, 6.07) is 5.00. The number of nitro benzene ring substituents is 1. The summed E-state index contributed by atoms with van der Waals surface area (Å²) in [5.74, 6) is 0.543. The zero-order valence-corrected chi connectivity index (χ0v) is 11.1. The number of nitrogens with two attached hydrogens (primary N) is 1. The number of benzene rings is 1. The van der Waals surface area contributed by atoms with Crippen LogP contribution in [0, 0.1) is 16.0 Å². The Hall–Kier alpha value is -1.82. The lowest BCUT2D eigenvalue weighted by Crippen LogP contribution is -2.22. The Morgan fingerprint density at radius 3 is 3.00 bits per heavy atom. The van der Waals surface area contributed by atoms with Gasteiger partial charge in [0, 0.05) is 13.1 Å². The van der Waals surface area contributed by atoms with Crippen LogP contribution >= 0.6 is 0 Å². The molecule has 104 valence electrons. The predicted molar refractivity (Wildman–Crippen MR) is 76.2 cm³/mol. The third-order valence-corrected chi connectivity index (χ3v) is 3.65. The monoisotopic (exact) mass is 264 g/mol. The lowest BCUT2D eigenvalue weighted by Gasteiger charge is -2.14. The molecule has 0 aromatic heterocycles. The Morgan fingerprint density at radius 2 is 2.37 bits per heavy atom. The maximum atomic E-state index is 11.0. The minimum absolute atomic E-state index is 0.0205. The van der Waals surface area contributed by atoms with E-state index >= 15 is 0 Å². The van der Waals surface area contributed by atoms with E-state index in [1.165, 1.54) is 0 Å². The summed E-state index contributed by atoms with van der Waals surface area (Å²) < 4.78 is 0. The Morgan fingerprint density at radius 1 is 1.58 bits per heavy atom. The molecule has 6 nitrogen and oxygen atoms in total. The van der Waals surface area contributed by atoms with Gasteiger partial charge in [-0.3, -0.25) is 10.1 Å². The highest BCUT2D eigenvalue weighted by molar-refractivity contribution is 5.74. The van der Waals surface area contributed by atoms with Crippen molar-refractivity contribution in [3.05, 3.63) is 28.3 Å². The number of hydrogen-bond donors (Lipinski definition) is 2. The molecule has 1 aromatic rings. The van der Waals surface area contributed by atoms with Gasteiger partial charge in [0.2, 0.25) is 0 Å². The summed E-state index contributed by atoms with van der Waals surface area (Å²) in [5.41, 5.74) is 6.36. The molecule has 1 saturated heterocycles. The minimum Gasteiger partial charge on any atom is -0.393 e. The molecule has 1 heterocycles. The Labute approximate surface area is 112 Å². The van der Waals surface area contributed by atoms with Crippen LogP contribution in [0.5, 0.6) is 0 Å². The van der Waals surface area contributed by atoms with Crippen molar-refractivity contribution in [2.45, 2.75) is 13.3 Å². The lowest BCUT2D eigenvalue weighted by atomic mass is 10.1. The van der Waals surface area contributed by atoms with E-state index in [9.17, 15) is 10.1 Å². The first-order chi connectivity index (χ1) is 9.11. The van der Waals surface area contributed by atoms with E-state index in [1.807, 2.05) is 0 Å². The van der Waals surface area contributed by atoms with E-state index in [-0.39, 0.29) is 11.4 Å². The first-order valence-electron chi connectivity index (χ1n) is 6.61. The van der Waals surface area contributed by atoms with Gasteiger partial charge in [-0.15, -0.1) is 0 Å². The smallest absolute Gasteiger partial charge is 0.314 e. The highest BCUT2D eigenvalue weighted by atomic mass is 16.6. The Bertz CT molecular complexity index is 464. The SMILES string of the molecule is CCN1CCC(CNc2cccc(N)c2[N+](=O)[O-])C1. The molecule has 0 aliphatic carbocycles. The summed E-state index contributed by atoms with van der Waals surface area (Å²) in [4.78, 5) is 13.0. The quantitative estimate of drug-likeness (QED) is 0.482. The van der Waals surface area contributed by atoms with Crippen molar-refractivity contribution in [1.29, 1.82) is 0 Å². The van der Waals surface area contributed by atoms with Gasteiger partial charge in [-0.05, 0) is 37.6 Å². The molecule has 2 rings (SSSR count). The van der Waals surface area contributed by atoms with Gasteiger partial charge >= 0.3 is 5.69 Å². The van der Waals surface area contributed by atoms with E-state index in [4.69, 9.17) is 5.73 Å². The molecule has 1 atom stereocenters. The largest absolute Gasteiger partial charge is 0.393 e. The van der Waals surface area contributed by atoms with Crippen LogP contribution in [0.15, 0.2) is 18.2 Å². The fraction of sp³-hybridized carbons (Fsp3) is 0.538. The van der Waals surface area contributed by atoms with Crippen molar-refractivity contribution in [3.8, 4) is 0 Å². The molecule has 1 aliphatic rings. The average Bonchev–Trinajstić information content (AvgIpc) is 2.83. The molecule has 0 bridgehead atoms. The van der Waals surface area contributed by atoms with Crippen molar-refractivity contribution in [3.63, 3.8) is 0 Å². The second-order valence-electron chi connectivity index (χ2n) is 4.93. The van der Waals surface area contributed by atoms with Crippen LogP contribution in [0.25, 0.3) is 0 Å². The molecule has 1 unspecified atom stereocenters. The van der Waals surface area contributed by atoms with Crippen LogP contribution in [-0.4, -0.2) is 36.0 Å². The average molecular weight is 264 g/mol. The number of para-hydroxylation sites is 1. The van der Waals surface area contributed by atoms with Crippen LogP contribution in [0.1, 0.15) is 13.3 Å². The molecule has 0 radical (unpaired) electrons. The third-order valence-electron chi connectivity index (χ3n) is 3.65. The normalized spacial score (nSPS) is 19.5. The topological polar surface area (TPSA) is 84.4 Å². The number of rotatable bonds is 5. The zero-order chi connectivity index (χ0) is 13.8. The maximum Gasteiger partial charge on any atom is 0.314 e. The summed E-state index contributed by atoms with van der Waals surface area (Å²) in [6.45, 7) is 6.13. The van der Waals surface area contributed by atoms with E-state index in [0.29, 0.717) is 11.6 Å². The van der Waals surface area contributed by atoms with Crippen LogP contribution in [0.3, 0.4) is 0 Å². The van der Waals surface area contributed by atoms with E-state index in [2.05, 4.69) is 17.1 Å². The van der Waals surface area contributed by atoms with Gasteiger partial charge in [0.15, 0.2) is 0 Å². The first-order valence-corrected chi connectivity index (χ1v) is 6.61. The third kappa shape index (κ3) is 3.14. The van der Waals surface area contributed by atoms with Gasteiger partial charge in [-0.1, -0.05) is 13.0 Å². The summed E-state index contributed by atoms with van der Waals surface area (Å²) in [5, 5.41) is 14.2. The van der Waals surface area contributed by atoms with Gasteiger partial charge in [0.25, 0.3) is 0 Å². The molecule has 1 aromatic carbocycles. The molecular formula is C13H20N4O2. The predicted octanol–water partition coefficient (Wildman–Crippen LogP) is 1.93. The van der Waals surface area contributed by atoms with Crippen molar-refractivity contribution in [2.24, 2.45) is 5.92 Å². The number of nitrogen functional groups attached to an aromatic ring is 1. The van der Waals surface area contributed by atoms with E-state index in [0.717, 1.165) is 32.6 Å². The van der Waals surface area contributed by atoms with Gasteiger partial charge in [-0.2, -0.15) is 0 Å². The summed E-state index contributed by atoms with van der Waals surface area (Å²) >= 11 is 0. The molecule has 6 heteroatoms. The highest BCUT2D eigenvalue weighted by Gasteiger charge is 2.23. The second kappa shape index (κ2) is 5.88. The summed E-state index contributed by atoms with van der Waals surface area (Å²) in [7, 11) is 0. The first kappa shape index (κ1) is 13.6. The van der Waals surface area contributed by atoms with Crippen molar-refractivity contribution in [1.82, 2.24) is 4.90 Å². The van der Waals surface area contributed by atoms with Gasteiger partial charge in [0.05, 0.1) is 4.92 Å². The molecule has 3 N–H and O–H groups in total. The molecular weight excluding hydrogens is 244 g/mol. The molecule has 0 amide bonds. The molecule has 19 heavy (non-hydrogen) atoms. The Kier molecular flexibility index (Phi) is 4.21. The zero-order valence-electron chi connectivity index (χ0n) is 11.1. The van der Waals surface area contributed by atoms with Gasteiger partial charge in [0.1, 0.15) is 11.4 Å². The second-order valence-corrected chi connectivity index (χ2v) is 4.93. The van der Waals surface area contributed by atoms with Crippen LogP contribution < -0.4 is 11.1 Å². The maximum absolute atomic E-state index is 11.0. The number of nitrogens with one attached hydrogen (secondary N) is 1. The number of likely N-dealkylation sites (tertiary alicyclic amines) is 1. The lowest BCUT2D eigenvalue weighted by molar-refractivity contribution is -0.383.